The van der Waals surface area contributed by atoms with Crippen molar-refractivity contribution in [3.63, 3.8) is 0 Å². The molecule has 114 valence electrons. The first-order valence-corrected chi connectivity index (χ1v) is 8.09. The predicted molar refractivity (Wildman–Crippen MR) is 86.6 cm³/mol. The fraction of sp³-hybridized carbons (Fsp3) is 0.438. The standard InChI is InChI=1S/C16H21BrFN3/c1-4-14-16(17)15(21(5-2)20-14)10-19-11(3)12-6-8-13(18)9-7-12/h6-9,11,19H,4-5,10H2,1-3H3/t11-/m0/s1. The highest BCUT2D eigenvalue weighted by atomic mass is 79.9. The van der Waals surface area contributed by atoms with Crippen molar-refractivity contribution in [2.45, 2.75) is 46.3 Å². The molecule has 0 aliphatic rings. The van der Waals surface area contributed by atoms with Gasteiger partial charge in [-0.1, -0.05) is 19.1 Å². The van der Waals surface area contributed by atoms with Crippen LogP contribution in [0, 0.1) is 5.82 Å². The Labute approximate surface area is 133 Å². The van der Waals surface area contributed by atoms with Gasteiger partial charge in [0, 0.05) is 19.1 Å². The van der Waals surface area contributed by atoms with Crippen LogP contribution in [0.3, 0.4) is 0 Å². The summed E-state index contributed by atoms with van der Waals surface area (Å²) in [4.78, 5) is 0. The van der Waals surface area contributed by atoms with Crippen molar-refractivity contribution in [2.24, 2.45) is 0 Å². The van der Waals surface area contributed by atoms with Gasteiger partial charge >= 0.3 is 0 Å². The first kappa shape index (κ1) is 16.2. The van der Waals surface area contributed by atoms with Gasteiger partial charge in [-0.3, -0.25) is 4.68 Å². The van der Waals surface area contributed by atoms with Gasteiger partial charge in [0.05, 0.1) is 15.9 Å². The summed E-state index contributed by atoms with van der Waals surface area (Å²) in [6.07, 6.45) is 0.911. The van der Waals surface area contributed by atoms with E-state index in [1.807, 2.05) is 16.8 Å². The molecule has 1 aromatic carbocycles. The van der Waals surface area contributed by atoms with E-state index in [4.69, 9.17) is 0 Å². The number of aromatic nitrogens is 2. The SMILES string of the molecule is CCc1nn(CC)c(CN[C@@H](C)c2ccc(F)cc2)c1Br. The minimum atomic E-state index is -0.203. The molecule has 1 heterocycles. The average molecular weight is 354 g/mol. The number of hydrogen-bond acceptors (Lipinski definition) is 2. The summed E-state index contributed by atoms with van der Waals surface area (Å²) in [5.74, 6) is -0.203. The van der Waals surface area contributed by atoms with Crippen molar-refractivity contribution in [1.82, 2.24) is 15.1 Å². The molecule has 0 saturated heterocycles. The van der Waals surface area contributed by atoms with E-state index < -0.39 is 0 Å². The van der Waals surface area contributed by atoms with Crippen LogP contribution in [0.1, 0.15) is 43.8 Å². The molecular weight excluding hydrogens is 333 g/mol. The molecule has 3 nitrogen and oxygen atoms in total. The molecule has 0 unspecified atom stereocenters. The molecule has 0 fully saturated rings. The molecular formula is C16H21BrFN3. The summed E-state index contributed by atoms with van der Waals surface area (Å²) in [6.45, 7) is 7.84. The molecule has 1 aromatic heterocycles. The Kier molecular flexibility index (Phi) is 5.53. The third-order valence-corrected chi connectivity index (χ3v) is 4.56. The normalized spacial score (nSPS) is 12.6. The van der Waals surface area contributed by atoms with Gasteiger partial charge in [0.25, 0.3) is 0 Å². The number of halogens is 2. The fourth-order valence-electron chi connectivity index (χ4n) is 2.31. The third-order valence-electron chi connectivity index (χ3n) is 3.64. The number of nitrogens with zero attached hydrogens (tertiary/aromatic N) is 2. The lowest BCUT2D eigenvalue weighted by atomic mass is 10.1. The Morgan fingerprint density at radius 2 is 1.95 bits per heavy atom. The van der Waals surface area contributed by atoms with Crippen LogP contribution in [0.5, 0.6) is 0 Å². The molecule has 2 rings (SSSR count). The number of nitrogens with one attached hydrogen (secondary N) is 1. The molecule has 2 aromatic rings. The zero-order valence-corrected chi connectivity index (χ0v) is 14.2. The largest absolute Gasteiger partial charge is 0.305 e. The predicted octanol–water partition coefficient (Wildman–Crippen LogP) is 4.22. The topological polar surface area (TPSA) is 29.9 Å². The molecule has 0 bridgehead atoms. The zero-order valence-electron chi connectivity index (χ0n) is 12.7. The minimum absolute atomic E-state index is 0.155. The smallest absolute Gasteiger partial charge is 0.123 e. The lowest BCUT2D eigenvalue weighted by Gasteiger charge is -2.15. The van der Waals surface area contributed by atoms with Crippen molar-refractivity contribution < 1.29 is 4.39 Å². The summed E-state index contributed by atoms with van der Waals surface area (Å²) in [5.41, 5.74) is 3.32. The van der Waals surface area contributed by atoms with Crippen molar-refractivity contribution >= 4 is 15.9 Å². The Morgan fingerprint density at radius 3 is 2.52 bits per heavy atom. The van der Waals surface area contributed by atoms with E-state index in [0.717, 1.165) is 40.9 Å². The van der Waals surface area contributed by atoms with Crippen molar-refractivity contribution in [1.29, 1.82) is 0 Å². The first-order chi connectivity index (χ1) is 10.1. The van der Waals surface area contributed by atoms with Crippen LogP contribution in [0.15, 0.2) is 28.7 Å². The molecule has 1 N–H and O–H groups in total. The van der Waals surface area contributed by atoms with Crippen molar-refractivity contribution in [3.8, 4) is 0 Å². The first-order valence-electron chi connectivity index (χ1n) is 7.29. The Hall–Kier alpha value is -1.20. The lowest BCUT2D eigenvalue weighted by Crippen LogP contribution is -2.20. The highest BCUT2D eigenvalue weighted by Gasteiger charge is 2.14. The molecule has 0 aliphatic heterocycles. The van der Waals surface area contributed by atoms with E-state index in [9.17, 15) is 4.39 Å². The van der Waals surface area contributed by atoms with Gasteiger partial charge in [-0.15, -0.1) is 0 Å². The van der Waals surface area contributed by atoms with Crippen LogP contribution in [0.2, 0.25) is 0 Å². The van der Waals surface area contributed by atoms with Crippen LogP contribution in [0.25, 0.3) is 0 Å². The molecule has 0 amide bonds. The van der Waals surface area contributed by atoms with Gasteiger partial charge in [-0.25, -0.2) is 4.39 Å². The highest BCUT2D eigenvalue weighted by Crippen LogP contribution is 2.23. The zero-order chi connectivity index (χ0) is 15.4. The molecule has 0 aliphatic carbocycles. The van der Waals surface area contributed by atoms with Gasteiger partial charge in [0.15, 0.2) is 0 Å². The minimum Gasteiger partial charge on any atom is -0.305 e. The van der Waals surface area contributed by atoms with Crippen molar-refractivity contribution in [3.05, 3.63) is 51.5 Å². The molecule has 1 atom stereocenters. The van der Waals surface area contributed by atoms with E-state index in [1.54, 1.807) is 0 Å². The van der Waals surface area contributed by atoms with Crippen LogP contribution >= 0.6 is 15.9 Å². The van der Waals surface area contributed by atoms with Crippen LogP contribution < -0.4 is 5.32 Å². The van der Waals surface area contributed by atoms with Crippen LogP contribution in [0.4, 0.5) is 4.39 Å². The van der Waals surface area contributed by atoms with Gasteiger partial charge in [-0.2, -0.15) is 5.10 Å². The van der Waals surface area contributed by atoms with Gasteiger partial charge in [0.2, 0.25) is 0 Å². The average Bonchev–Trinajstić information content (AvgIpc) is 2.81. The van der Waals surface area contributed by atoms with Crippen LogP contribution in [-0.4, -0.2) is 9.78 Å². The van der Waals surface area contributed by atoms with Gasteiger partial charge in [0.1, 0.15) is 5.82 Å². The number of rotatable bonds is 6. The maximum atomic E-state index is 13.0. The number of hydrogen-bond donors (Lipinski definition) is 1. The molecule has 0 radical (unpaired) electrons. The van der Waals surface area contributed by atoms with E-state index in [1.165, 1.54) is 12.1 Å². The second-order valence-electron chi connectivity index (χ2n) is 5.03. The second-order valence-corrected chi connectivity index (χ2v) is 5.82. The lowest BCUT2D eigenvalue weighted by molar-refractivity contribution is 0.528. The van der Waals surface area contributed by atoms with E-state index in [0.29, 0.717) is 0 Å². The van der Waals surface area contributed by atoms with E-state index in [-0.39, 0.29) is 11.9 Å². The molecule has 5 heteroatoms. The monoisotopic (exact) mass is 353 g/mol. The quantitative estimate of drug-likeness (QED) is 0.842. The third kappa shape index (κ3) is 3.71. The van der Waals surface area contributed by atoms with Crippen LogP contribution in [-0.2, 0) is 19.5 Å². The van der Waals surface area contributed by atoms with Gasteiger partial charge < -0.3 is 5.32 Å². The number of aryl methyl sites for hydroxylation is 2. The molecule has 0 saturated carbocycles. The maximum absolute atomic E-state index is 13.0. The molecule has 0 spiro atoms. The van der Waals surface area contributed by atoms with Crippen molar-refractivity contribution in [2.75, 3.05) is 0 Å². The summed E-state index contributed by atoms with van der Waals surface area (Å²) >= 11 is 3.65. The Bertz CT molecular complexity index is 592. The summed E-state index contributed by atoms with van der Waals surface area (Å²) < 4.78 is 16.1. The summed E-state index contributed by atoms with van der Waals surface area (Å²) in [5, 5.41) is 8.06. The van der Waals surface area contributed by atoms with Gasteiger partial charge in [-0.05, 0) is 53.9 Å². The van der Waals surface area contributed by atoms with E-state index >= 15 is 0 Å². The fourth-order valence-corrected chi connectivity index (χ4v) is 3.01. The Morgan fingerprint density at radius 1 is 1.29 bits per heavy atom. The summed E-state index contributed by atoms with van der Waals surface area (Å²) in [7, 11) is 0. The molecule has 21 heavy (non-hydrogen) atoms. The second kappa shape index (κ2) is 7.18. The number of benzene rings is 1. The Balaban J connectivity index is 2.09. The van der Waals surface area contributed by atoms with E-state index in [2.05, 4.69) is 47.1 Å². The highest BCUT2D eigenvalue weighted by molar-refractivity contribution is 9.10. The maximum Gasteiger partial charge on any atom is 0.123 e. The summed E-state index contributed by atoms with van der Waals surface area (Å²) in [6, 6.07) is 6.78.